The second-order valence-electron chi connectivity index (χ2n) is 5.20. The standard InChI is InChI=1S/C15H19N3OS/c19-14(17-11-7-8-11)6-3-9-16-10-15-18-12-4-1-2-5-13(12)20-15/h1-2,4-5,11,16H,3,6-10H2,(H,17,19). The van der Waals surface area contributed by atoms with Crippen molar-refractivity contribution in [1.82, 2.24) is 15.6 Å². The van der Waals surface area contributed by atoms with Crippen LogP contribution in [0.15, 0.2) is 24.3 Å². The zero-order valence-corrected chi connectivity index (χ0v) is 12.2. The number of carbonyl (C=O) groups is 1. The van der Waals surface area contributed by atoms with Crippen LogP contribution >= 0.6 is 11.3 Å². The molecule has 1 heterocycles. The predicted molar refractivity (Wildman–Crippen MR) is 81.7 cm³/mol. The molecule has 2 aromatic rings. The minimum absolute atomic E-state index is 0.189. The number of rotatable bonds is 7. The SMILES string of the molecule is O=C(CCCNCc1nc2ccccc2s1)NC1CC1. The maximum Gasteiger partial charge on any atom is 0.220 e. The normalized spacial score (nSPS) is 14.6. The maximum atomic E-state index is 11.5. The molecule has 1 fully saturated rings. The zero-order valence-electron chi connectivity index (χ0n) is 11.4. The summed E-state index contributed by atoms with van der Waals surface area (Å²) < 4.78 is 1.23. The monoisotopic (exact) mass is 289 g/mol. The molecule has 1 aromatic carbocycles. The first-order valence-corrected chi connectivity index (χ1v) is 7.97. The topological polar surface area (TPSA) is 54.0 Å². The molecule has 1 aliphatic carbocycles. The largest absolute Gasteiger partial charge is 0.353 e. The van der Waals surface area contributed by atoms with Gasteiger partial charge in [-0.3, -0.25) is 4.79 Å². The Labute approximate surface area is 122 Å². The van der Waals surface area contributed by atoms with Gasteiger partial charge in [0.2, 0.25) is 5.91 Å². The van der Waals surface area contributed by atoms with Gasteiger partial charge in [0.25, 0.3) is 0 Å². The number of thiazole rings is 1. The van der Waals surface area contributed by atoms with E-state index in [1.54, 1.807) is 11.3 Å². The van der Waals surface area contributed by atoms with Crippen LogP contribution in [0.3, 0.4) is 0 Å². The summed E-state index contributed by atoms with van der Waals surface area (Å²) >= 11 is 1.73. The first kappa shape index (κ1) is 13.5. The summed E-state index contributed by atoms with van der Waals surface area (Å²) in [7, 11) is 0. The number of amides is 1. The van der Waals surface area contributed by atoms with Crippen LogP contribution in [-0.4, -0.2) is 23.5 Å². The van der Waals surface area contributed by atoms with E-state index in [2.05, 4.69) is 21.7 Å². The summed E-state index contributed by atoms with van der Waals surface area (Å²) in [5, 5.41) is 7.46. The molecule has 5 heteroatoms. The smallest absolute Gasteiger partial charge is 0.220 e. The highest BCUT2D eigenvalue weighted by molar-refractivity contribution is 7.18. The number of hydrogen-bond donors (Lipinski definition) is 2. The van der Waals surface area contributed by atoms with Crippen molar-refractivity contribution in [2.75, 3.05) is 6.54 Å². The van der Waals surface area contributed by atoms with Crippen molar-refractivity contribution in [3.63, 3.8) is 0 Å². The molecule has 4 nitrogen and oxygen atoms in total. The summed E-state index contributed by atoms with van der Waals surface area (Å²) in [5.74, 6) is 0.189. The molecule has 0 unspecified atom stereocenters. The highest BCUT2D eigenvalue weighted by Gasteiger charge is 2.22. The molecule has 1 aromatic heterocycles. The summed E-state index contributed by atoms with van der Waals surface area (Å²) in [5.41, 5.74) is 1.07. The Morgan fingerprint density at radius 3 is 3.00 bits per heavy atom. The quantitative estimate of drug-likeness (QED) is 0.770. The van der Waals surface area contributed by atoms with Gasteiger partial charge in [-0.15, -0.1) is 11.3 Å². The van der Waals surface area contributed by atoms with E-state index in [1.807, 2.05) is 18.2 Å². The maximum absolute atomic E-state index is 11.5. The van der Waals surface area contributed by atoms with E-state index in [0.29, 0.717) is 12.5 Å². The van der Waals surface area contributed by atoms with E-state index >= 15 is 0 Å². The van der Waals surface area contributed by atoms with Crippen LogP contribution in [0.5, 0.6) is 0 Å². The molecule has 20 heavy (non-hydrogen) atoms. The fourth-order valence-corrected chi connectivity index (χ4v) is 3.03. The van der Waals surface area contributed by atoms with Gasteiger partial charge in [0.1, 0.15) is 5.01 Å². The molecule has 0 aliphatic heterocycles. The third-order valence-corrected chi connectivity index (χ3v) is 4.35. The Kier molecular flexibility index (Phi) is 4.28. The lowest BCUT2D eigenvalue weighted by Gasteiger charge is -2.03. The summed E-state index contributed by atoms with van der Waals surface area (Å²) in [6.07, 6.45) is 3.80. The molecule has 1 aliphatic rings. The predicted octanol–water partition coefficient (Wildman–Crippen LogP) is 2.44. The molecule has 1 saturated carbocycles. The second kappa shape index (κ2) is 6.33. The minimum atomic E-state index is 0.189. The second-order valence-corrected chi connectivity index (χ2v) is 6.31. The Balaban J connectivity index is 1.35. The molecule has 2 N–H and O–H groups in total. The number of hydrogen-bond acceptors (Lipinski definition) is 4. The Bertz CT molecular complexity index is 559. The molecule has 0 bridgehead atoms. The first-order chi connectivity index (χ1) is 9.81. The van der Waals surface area contributed by atoms with Crippen LogP contribution in [0.25, 0.3) is 10.2 Å². The van der Waals surface area contributed by atoms with Crippen LogP contribution in [0.2, 0.25) is 0 Å². The van der Waals surface area contributed by atoms with Gasteiger partial charge in [0.05, 0.1) is 10.2 Å². The number of nitrogens with one attached hydrogen (secondary N) is 2. The van der Waals surface area contributed by atoms with E-state index in [0.717, 1.165) is 42.9 Å². The summed E-state index contributed by atoms with van der Waals surface area (Å²) in [6, 6.07) is 8.66. The average molecular weight is 289 g/mol. The van der Waals surface area contributed by atoms with Gasteiger partial charge < -0.3 is 10.6 Å². The van der Waals surface area contributed by atoms with Crippen molar-refractivity contribution in [1.29, 1.82) is 0 Å². The van der Waals surface area contributed by atoms with Crippen molar-refractivity contribution < 1.29 is 4.79 Å². The van der Waals surface area contributed by atoms with Gasteiger partial charge in [-0.25, -0.2) is 4.98 Å². The van der Waals surface area contributed by atoms with Gasteiger partial charge in [0.15, 0.2) is 0 Å². The Hall–Kier alpha value is -1.46. The van der Waals surface area contributed by atoms with Crippen molar-refractivity contribution in [2.45, 2.75) is 38.3 Å². The number of carbonyl (C=O) groups excluding carboxylic acids is 1. The number of fused-ring (bicyclic) bond motifs is 1. The fraction of sp³-hybridized carbons (Fsp3) is 0.467. The van der Waals surface area contributed by atoms with E-state index in [4.69, 9.17) is 0 Å². The first-order valence-electron chi connectivity index (χ1n) is 7.16. The fourth-order valence-electron chi connectivity index (χ4n) is 2.09. The lowest BCUT2D eigenvalue weighted by molar-refractivity contribution is -0.121. The lowest BCUT2D eigenvalue weighted by Crippen LogP contribution is -2.26. The third-order valence-electron chi connectivity index (χ3n) is 3.31. The number of benzene rings is 1. The Morgan fingerprint density at radius 2 is 2.20 bits per heavy atom. The summed E-state index contributed by atoms with van der Waals surface area (Å²) in [4.78, 5) is 16.1. The van der Waals surface area contributed by atoms with Gasteiger partial charge in [0, 0.05) is 19.0 Å². The van der Waals surface area contributed by atoms with Crippen molar-refractivity contribution in [3.8, 4) is 0 Å². The number of para-hydroxylation sites is 1. The van der Waals surface area contributed by atoms with Crippen molar-refractivity contribution in [3.05, 3.63) is 29.3 Å². The van der Waals surface area contributed by atoms with Crippen molar-refractivity contribution in [2.24, 2.45) is 0 Å². The molecule has 1 amide bonds. The average Bonchev–Trinajstić information content (AvgIpc) is 3.15. The van der Waals surface area contributed by atoms with Gasteiger partial charge in [-0.1, -0.05) is 12.1 Å². The van der Waals surface area contributed by atoms with Crippen LogP contribution in [0.1, 0.15) is 30.7 Å². The molecule has 0 radical (unpaired) electrons. The molecule has 0 spiro atoms. The van der Waals surface area contributed by atoms with E-state index in [1.165, 1.54) is 4.70 Å². The zero-order chi connectivity index (χ0) is 13.8. The van der Waals surface area contributed by atoms with Crippen molar-refractivity contribution >= 4 is 27.5 Å². The van der Waals surface area contributed by atoms with Gasteiger partial charge in [-0.2, -0.15) is 0 Å². The number of nitrogens with zero attached hydrogens (tertiary/aromatic N) is 1. The highest BCUT2D eigenvalue weighted by Crippen LogP contribution is 2.21. The van der Waals surface area contributed by atoms with Crippen LogP contribution in [-0.2, 0) is 11.3 Å². The van der Waals surface area contributed by atoms with Gasteiger partial charge >= 0.3 is 0 Å². The van der Waals surface area contributed by atoms with Crippen LogP contribution in [0, 0.1) is 0 Å². The van der Waals surface area contributed by atoms with E-state index in [9.17, 15) is 4.79 Å². The molecule has 3 rings (SSSR count). The number of aromatic nitrogens is 1. The lowest BCUT2D eigenvalue weighted by atomic mass is 10.3. The molecule has 0 saturated heterocycles. The molecule has 0 atom stereocenters. The Morgan fingerprint density at radius 1 is 1.35 bits per heavy atom. The van der Waals surface area contributed by atoms with Crippen LogP contribution in [0.4, 0.5) is 0 Å². The van der Waals surface area contributed by atoms with Crippen LogP contribution < -0.4 is 10.6 Å². The van der Waals surface area contributed by atoms with E-state index in [-0.39, 0.29) is 5.91 Å². The summed E-state index contributed by atoms with van der Waals surface area (Å²) in [6.45, 7) is 1.64. The minimum Gasteiger partial charge on any atom is -0.353 e. The molecular weight excluding hydrogens is 270 g/mol. The third kappa shape index (κ3) is 3.77. The van der Waals surface area contributed by atoms with E-state index < -0.39 is 0 Å². The molecular formula is C15H19N3OS. The van der Waals surface area contributed by atoms with Gasteiger partial charge in [-0.05, 0) is 37.9 Å². The highest BCUT2D eigenvalue weighted by atomic mass is 32.1. The molecule has 106 valence electrons.